The van der Waals surface area contributed by atoms with Crippen LogP contribution in [0.4, 0.5) is 33.3 Å². The number of hydrogen-bond acceptors (Lipinski definition) is 5. The number of carboxylic acids is 1. The van der Waals surface area contributed by atoms with Crippen LogP contribution >= 0.6 is 11.6 Å². The Morgan fingerprint density at radius 3 is 2.07 bits per heavy atom. The van der Waals surface area contributed by atoms with Gasteiger partial charge in [0.05, 0.1) is 12.8 Å². The van der Waals surface area contributed by atoms with Gasteiger partial charge in [0.1, 0.15) is 16.8 Å². The zero-order chi connectivity index (χ0) is 21.3. The van der Waals surface area contributed by atoms with Gasteiger partial charge in [0.25, 0.3) is 0 Å². The predicted molar refractivity (Wildman–Crippen MR) is 87.0 cm³/mol. The molecule has 0 radical (unpaired) electrons. The van der Waals surface area contributed by atoms with Gasteiger partial charge in [-0.3, -0.25) is 0 Å². The Morgan fingerprint density at radius 2 is 1.64 bits per heavy atom. The van der Waals surface area contributed by atoms with Crippen LogP contribution in [0, 0.1) is 0 Å². The van der Waals surface area contributed by atoms with E-state index in [1.807, 2.05) is 0 Å². The van der Waals surface area contributed by atoms with Crippen LogP contribution < -0.4 is 5.32 Å². The van der Waals surface area contributed by atoms with Crippen LogP contribution in [0.3, 0.4) is 0 Å². The van der Waals surface area contributed by atoms with Crippen molar-refractivity contribution in [2.24, 2.45) is 0 Å². The zero-order valence-corrected chi connectivity index (χ0v) is 14.5. The third-order valence-corrected chi connectivity index (χ3v) is 3.56. The average molecular weight is 425 g/mol. The number of carbonyl (C=O) groups is 2. The molecule has 12 heteroatoms. The number of carboxylic acid groups (broad SMARTS) is 1. The van der Waals surface area contributed by atoms with Crippen LogP contribution in [0.2, 0.25) is 0 Å². The summed E-state index contributed by atoms with van der Waals surface area (Å²) in [5, 5.41) is 7.02. The van der Waals surface area contributed by atoms with Gasteiger partial charge in [-0.05, 0) is 23.7 Å². The van der Waals surface area contributed by atoms with Gasteiger partial charge in [0.15, 0.2) is 5.69 Å². The molecule has 2 rings (SSSR count). The number of aromatic nitrogens is 1. The number of methoxy groups -OCH3 is 1. The van der Waals surface area contributed by atoms with Crippen molar-refractivity contribution in [1.82, 2.24) is 4.98 Å². The Morgan fingerprint density at radius 1 is 1.07 bits per heavy atom. The maximum atomic E-state index is 13.8. The molecule has 0 atom stereocenters. The van der Waals surface area contributed by atoms with Crippen molar-refractivity contribution in [3.05, 3.63) is 52.8 Å². The molecule has 0 unspecified atom stereocenters. The molecule has 0 saturated carbocycles. The summed E-state index contributed by atoms with van der Waals surface area (Å²) in [5.41, 5.74) is -7.79. The van der Waals surface area contributed by atoms with Crippen LogP contribution in [-0.2, 0) is 16.3 Å². The van der Waals surface area contributed by atoms with Gasteiger partial charge < -0.3 is 15.2 Å². The van der Waals surface area contributed by atoms with Gasteiger partial charge in [-0.25, -0.2) is 14.6 Å². The number of nitrogens with one attached hydrogen (secondary N) is 1. The number of rotatable bonds is 5. The van der Waals surface area contributed by atoms with E-state index in [1.54, 1.807) is 0 Å². The molecular weight excluding hydrogens is 415 g/mol. The first kappa shape index (κ1) is 21.4. The topological polar surface area (TPSA) is 88.5 Å². The second-order valence-corrected chi connectivity index (χ2v) is 5.69. The van der Waals surface area contributed by atoms with Gasteiger partial charge in [0.2, 0.25) is 0 Å². The van der Waals surface area contributed by atoms with E-state index in [2.05, 4.69) is 15.0 Å². The fraction of sp³-hybridized carbons (Fsp3) is 0.188. The molecule has 150 valence electrons. The minimum Gasteiger partial charge on any atom is -0.478 e. The molecule has 1 aromatic carbocycles. The summed E-state index contributed by atoms with van der Waals surface area (Å²) in [4.78, 5) is 26.3. The Balaban J connectivity index is 3.00. The molecule has 0 aliphatic heterocycles. The third-order valence-electron chi connectivity index (χ3n) is 3.38. The van der Waals surface area contributed by atoms with E-state index in [0.717, 1.165) is 7.11 Å². The standard InChI is InChI=1S/C16H10ClF5N2O4/c1-28-14(27)9-10(23-7-5-3-2-4-6-7)8(13(25)26)12(16(20,21)22)24-11(9)15(17,18)19/h2-6H,1H3,(H,23,24)(H,25,26). The van der Waals surface area contributed by atoms with Crippen LogP contribution in [-0.4, -0.2) is 29.1 Å². The molecule has 0 spiro atoms. The predicted octanol–water partition coefficient (Wildman–Crippen LogP) is 4.62. The van der Waals surface area contributed by atoms with Crippen LogP contribution in [0.15, 0.2) is 30.3 Å². The summed E-state index contributed by atoms with van der Waals surface area (Å²) < 4.78 is 72.0. The number of benzene rings is 1. The highest BCUT2D eigenvalue weighted by Crippen LogP contribution is 2.43. The monoisotopic (exact) mass is 424 g/mol. The van der Waals surface area contributed by atoms with E-state index in [4.69, 9.17) is 11.6 Å². The molecule has 0 bridgehead atoms. The molecule has 1 heterocycles. The quantitative estimate of drug-likeness (QED) is 0.414. The fourth-order valence-electron chi connectivity index (χ4n) is 2.30. The molecule has 1 aromatic heterocycles. The van der Waals surface area contributed by atoms with Crippen LogP contribution in [0.1, 0.15) is 32.1 Å². The van der Waals surface area contributed by atoms with E-state index in [-0.39, 0.29) is 5.69 Å². The van der Waals surface area contributed by atoms with Crippen molar-refractivity contribution in [2.45, 2.75) is 11.6 Å². The number of nitrogens with zero attached hydrogens (tertiary/aromatic N) is 1. The molecular formula is C16H10ClF5N2O4. The van der Waals surface area contributed by atoms with Crippen molar-refractivity contribution in [3.63, 3.8) is 0 Å². The second-order valence-electron chi connectivity index (χ2n) is 5.22. The van der Waals surface area contributed by atoms with Crippen LogP contribution in [0.25, 0.3) is 0 Å². The van der Waals surface area contributed by atoms with E-state index < -0.39 is 51.7 Å². The highest BCUT2D eigenvalue weighted by atomic mass is 35.5. The molecule has 0 saturated heterocycles. The molecule has 0 aliphatic rings. The number of hydrogen-bond donors (Lipinski definition) is 2. The summed E-state index contributed by atoms with van der Waals surface area (Å²) >= 11 is 4.85. The number of anilines is 2. The number of pyridine rings is 1. The smallest absolute Gasteiger partial charge is 0.434 e. The number of carbonyl (C=O) groups excluding carboxylic acids is 1. The summed E-state index contributed by atoms with van der Waals surface area (Å²) in [7, 11) is 0.767. The van der Waals surface area contributed by atoms with Crippen LogP contribution in [0.5, 0.6) is 0 Å². The molecule has 6 nitrogen and oxygen atoms in total. The largest absolute Gasteiger partial charge is 0.478 e. The number of halogens is 6. The fourth-order valence-corrected chi connectivity index (χ4v) is 2.43. The summed E-state index contributed by atoms with van der Waals surface area (Å²) in [5.74, 6) is -3.72. The van der Waals surface area contributed by atoms with E-state index in [9.17, 15) is 36.6 Å². The number of para-hydroxylation sites is 1. The SMILES string of the molecule is COC(=O)c1c(C(F)(F)Cl)nc(C(F)(F)F)c(C(=O)O)c1Nc1ccccc1. The van der Waals surface area contributed by atoms with Crippen molar-refractivity contribution in [3.8, 4) is 0 Å². The minimum absolute atomic E-state index is 0.0123. The van der Waals surface area contributed by atoms with Gasteiger partial charge >= 0.3 is 23.5 Å². The highest BCUT2D eigenvalue weighted by Gasteiger charge is 2.46. The maximum absolute atomic E-state index is 13.8. The molecule has 0 fully saturated rings. The van der Waals surface area contributed by atoms with Gasteiger partial charge in [-0.15, -0.1) is 0 Å². The Bertz CT molecular complexity index is 914. The Labute approximate surface area is 158 Å². The highest BCUT2D eigenvalue weighted by molar-refractivity contribution is 6.22. The number of ether oxygens (including phenoxy) is 1. The van der Waals surface area contributed by atoms with E-state index in [1.165, 1.54) is 30.3 Å². The maximum Gasteiger partial charge on any atom is 0.434 e. The van der Waals surface area contributed by atoms with Gasteiger partial charge in [-0.2, -0.15) is 22.0 Å². The lowest BCUT2D eigenvalue weighted by Gasteiger charge is -2.22. The van der Waals surface area contributed by atoms with Crippen molar-refractivity contribution in [2.75, 3.05) is 12.4 Å². The first-order valence-corrected chi connectivity index (χ1v) is 7.61. The lowest BCUT2D eigenvalue weighted by Crippen LogP contribution is -2.26. The molecule has 0 aliphatic carbocycles. The molecule has 28 heavy (non-hydrogen) atoms. The summed E-state index contributed by atoms with van der Waals surface area (Å²) in [6.45, 7) is 0. The van der Waals surface area contributed by atoms with Crippen molar-refractivity contribution in [1.29, 1.82) is 0 Å². The number of alkyl halides is 6. The number of aromatic carboxylic acids is 1. The Hall–Kier alpha value is -2.95. The van der Waals surface area contributed by atoms with Gasteiger partial charge in [-0.1, -0.05) is 18.2 Å². The lowest BCUT2D eigenvalue weighted by atomic mass is 10.0. The molecule has 2 N–H and O–H groups in total. The zero-order valence-electron chi connectivity index (χ0n) is 13.8. The summed E-state index contributed by atoms with van der Waals surface area (Å²) in [6.07, 6.45) is -5.44. The van der Waals surface area contributed by atoms with Crippen molar-refractivity contribution < 1.29 is 41.4 Å². The molecule has 2 aromatic rings. The summed E-state index contributed by atoms with van der Waals surface area (Å²) in [6, 6.07) is 7.02. The molecule has 0 amide bonds. The van der Waals surface area contributed by atoms with Gasteiger partial charge in [0, 0.05) is 5.69 Å². The van der Waals surface area contributed by atoms with Crippen molar-refractivity contribution >= 4 is 34.9 Å². The third kappa shape index (κ3) is 4.30. The second kappa shape index (κ2) is 7.58. The minimum atomic E-state index is -5.44. The first-order valence-electron chi connectivity index (χ1n) is 7.24. The Kier molecular flexibility index (Phi) is 5.78. The van der Waals surface area contributed by atoms with E-state index >= 15 is 0 Å². The van der Waals surface area contributed by atoms with E-state index in [0.29, 0.717) is 0 Å². The number of esters is 1. The lowest BCUT2D eigenvalue weighted by molar-refractivity contribution is -0.142. The first-order chi connectivity index (χ1) is 12.9. The normalized spacial score (nSPS) is 11.8. The average Bonchev–Trinajstić information content (AvgIpc) is 2.59.